The molecule has 1 aliphatic carbocycles. The highest BCUT2D eigenvalue weighted by atomic mass is 19.1. The Kier molecular flexibility index (Phi) is 5.49. The molecule has 1 saturated heterocycles. The molecule has 1 saturated carbocycles. The number of nitrogens with zero attached hydrogens (tertiary/aromatic N) is 1. The minimum absolute atomic E-state index is 0.0785. The van der Waals surface area contributed by atoms with Crippen molar-refractivity contribution in [2.75, 3.05) is 13.1 Å². The van der Waals surface area contributed by atoms with Crippen molar-refractivity contribution in [1.29, 1.82) is 0 Å². The highest BCUT2D eigenvalue weighted by Gasteiger charge is 2.44. The Hall–Kier alpha value is -2.20. The van der Waals surface area contributed by atoms with E-state index in [4.69, 9.17) is 0 Å². The normalized spacial score (nSPS) is 22.9. The van der Waals surface area contributed by atoms with Crippen LogP contribution in [0.5, 0.6) is 0 Å². The van der Waals surface area contributed by atoms with Crippen molar-refractivity contribution in [3.63, 3.8) is 0 Å². The predicted octanol–water partition coefficient (Wildman–Crippen LogP) is 4.59. The maximum Gasteiger partial charge on any atom is 0.230 e. The summed E-state index contributed by atoms with van der Waals surface area (Å²) in [5.74, 6) is -0.185. The molecule has 1 heterocycles. The summed E-state index contributed by atoms with van der Waals surface area (Å²) < 4.78 is 13.8. The molecule has 0 radical (unpaired) electrons. The molecular weight excluding hydrogens is 351 g/mol. The van der Waals surface area contributed by atoms with E-state index in [0.717, 1.165) is 50.8 Å². The second-order valence-corrected chi connectivity index (χ2v) is 8.34. The van der Waals surface area contributed by atoms with Crippen LogP contribution in [0.15, 0.2) is 54.6 Å². The summed E-state index contributed by atoms with van der Waals surface area (Å²) in [5.41, 5.74) is 1.57. The number of carbonyl (C=O) groups excluding carboxylic acids is 1. The molecule has 2 aliphatic rings. The van der Waals surface area contributed by atoms with E-state index in [1.54, 1.807) is 12.1 Å². The first-order valence-electron chi connectivity index (χ1n) is 10.4. The number of halogens is 1. The second kappa shape index (κ2) is 8.04. The van der Waals surface area contributed by atoms with Gasteiger partial charge in [-0.1, -0.05) is 55.3 Å². The van der Waals surface area contributed by atoms with E-state index in [1.165, 1.54) is 11.6 Å². The Bertz CT molecular complexity index is 816. The summed E-state index contributed by atoms with van der Waals surface area (Å²) in [6.45, 7) is 4.07. The zero-order chi connectivity index (χ0) is 19.6. The third-order valence-electron chi connectivity index (χ3n) is 6.65. The van der Waals surface area contributed by atoms with Crippen molar-refractivity contribution in [1.82, 2.24) is 10.2 Å². The fourth-order valence-corrected chi connectivity index (χ4v) is 4.93. The quantitative estimate of drug-likeness (QED) is 0.823. The molecule has 1 N–H and O–H groups in total. The van der Waals surface area contributed by atoms with E-state index in [2.05, 4.69) is 41.4 Å². The monoisotopic (exact) mass is 380 g/mol. The molecule has 0 spiro atoms. The lowest BCUT2D eigenvalue weighted by atomic mass is 9.77. The van der Waals surface area contributed by atoms with Gasteiger partial charge in [0.15, 0.2) is 0 Å². The molecule has 2 aromatic carbocycles. The zero-order valence-corrected chi connectivity index (χ0v) is 16.5. The minimum Gasteiger partial charge on any atom is -0.351 e. The van der Waals surface area contributed by atoms with Crippen LogP contribution < -0.4 is 5.32 Å². The van der Waals surface area contributed by atoms with Crippen molar-refractivity contribution in [2.45, 2.75) is 56.5 Å². The Morgan fingerprint density at radius 1 is 1.14 bits per heavy atom. The van der Waals surface area contributed by atoms with Crippen LogP contribution in [0.25, 0.3) is 0 Å². The summed E-state index contributed by atoms with van der Waals surface area (Å²) in [6.07, 6.45) is 4.61. The summed E-state index contributed by atoms with van der Waals surface area (Å²) in [5, 5.41) is 3.31. The van der Waals surface area contributed by atoms with Crippen LogP contribution in [0.1, 0.15) is 56.2 Å². The van der Waals surface area contributed by atoms with Crippen molar-refractivity contribution in [3.05, 3.63) is 71.5 Å². The lowest BCUT2D eigenvalue weighted by molar-refractivity contribution is -0.127. The number of carbonyl (C=O) groups is 1. The first-order valence-corrected chi connectivity index (χ1v) is 10.4. The van der Waals surface area contributed by atoms with Gasteiger partial charge in [-0.15, -0.1) is 0 Å². The summed E-state index contributed by atoms with van der Waals surface area (Å²) in [7, 11) is 0. The molecule has 1 aliphatic heterocycles. The largest absolute Gasteiger partial charge is 0.351 e. The summed E-state index contributed by atoms with van der Waals surface area (Å²) in [6, 6.07) is 17.6. The standard InChI is InChI=1S/C24H29FN2O/c1-18(19-8-3-2-4-9-19)27-15-12-22(17-27)26-23(28)24(13-5-6-14-24)20-10-7-11-21(25)16-20/h2-4,7-11,16,18,22H,5-6,12-15,17H2,1H3,(H,26,28). The van der Waals surface area contributed by atoms with E-state index in [-0.39, 0.29) is 17.8 Å². The van der Waals surface area contributed by atoms with E-state index in [9.17, 15) is 9.18 Å². The number of likely N-dealkylation sites (tertiary alicyclic amines) is 1. The molecule has 0 aromatic heterocycles. The van der Waals surface area contributed by atoms with Crippen molar-refractivity contribution in [2.24, 2.45) is 0 Å². The SMILES string of the molecule is CC(c1ccccc1)N1CCC(NC(=O)C2(c3cccc(F)c3)CCCC2)C1. The molecule has 4 rings (SSSR count). The van der Waals surface area contributed by atoms with Gasteiger partial charge in [0.1, 0.15) is 5.82 Å². The van der Waals surface area contributed by atoms with Gasteiger partial charge in [-0.3, -0.25) is 9.69 Å². The third kappa shape index (κ3) is 3.70. The Balaban J connectivity index is 1.44. The highest BCUT2D eigenvalue weighted by molar-refractivity contribution is 5.88. The number of benzene rings is 2. The fraction of sp³-hybridized carbons (Fsp3) is 0.458. The molecule has 2 unspecified atom stereocenters. The van der Waals surface area contributed by atoms with Gasteiger partial charge in [0, 0.05) is 25.2 Å². The van der Waals surface area contributed by atoms with Crippen LogP contribution in [-0.4, -0.2) is 29.9 Å². The molecule has 4 heteroatoms. The van der Waals surface area contributed by atoms with Crippen LogP contribution in [0, 0.1) is 5.82 Å². The van der Waals surface area contributed by atoms with Crippen molar-refractivity contribution < 1.29 is 9.18 Å². The fourth-order valence-electron chi connectivity index (χ4n) is 4.93. The number of nitrogens with one attached hydrogen (secondary N) is 1. The van der Waals surface area contributed by atoms with E-state index >= 15 is 0 Å². The first-order chi connectivity index (χ1) is 13.6. The van der Waals surface area contributed by atoms with Crippen LogP contribution in [-0.2, 0) is 10.2 Å². The Morgan fingerprint density at radius 2 is 1.89 bits per heavy atom. The van der Waals surface area contributed by atoms with Gasteiger partial charge in [0.25, 0.3) is 0 Å². The topological polar surface area (TPSA) is 32.3 Å². The third-order valence-corrected chi connectivity index (χ3v) is 6.65. The lowest BCUT2D eigenvalue weighted by Gasteiger charge is -2.30. The van der Waals surface area contributed by atoms with Gasteiger partial charge in [0.2, 0.25) is 5.91 Å². The van der Waals surface area contributed by atoms with Gasteiger partial charge in [-0.2, -0.15) is 0 Å². The van der Waals surface area contributed by atoms with Crippen molar-refractivity contribution >= 4 is 5.91 Å². The van der Waals surface area contributed by atoms with Gasteiger partial charge >= 0.3 is 0 Å². The maximum absolute atomic E-state index is 13.8. The molecule has 148 valence electrons. The molecular formula is C24H29FN2O. The Labute approximate surface area is 166 Å². The van der Waals surface area contributed by atoms with Gasteiger partial charge in [0.05, 0.1) is 5.41 Å². The van der Waals surface area contributed by atoms with E-state index in [0.29, 0.717) is 6.04 Å². The average Bonchev–Trinajstić information content (AvgIpc) is 3.39. The maximum atomic E-state index is 13.8. The summed E-state index contributed by atoms with van der Waals surface area (Å²) >= 11 is 0. The molecule has 0 bridgehead atoms. The van der Waals surface area contributed by atoms with Crippen LogP contribution in [0.2, 0.25) is 0 Å². The van der Waals surface area contributed by atoms with E-state index < -0.39 is 5.41 Å². The smallest absolute Gasteiger partial charge is 0.230 e. The van der Waals surface area contributed by atoms with Crippen LogP contribution in [0.4, 0.5) is 4.39 Å². The van der Waals surface area contributed by atoms with Crippen LogP contribution in [0.3, 0.4) is 0 Å². The number of hydrogen-bond donors (Lipinski definition) is 1. The first kappa shape index (κ1) is 19.1. The molecule has 1 amide bonds. The molecule has 3 nitrogen and oxygen atoms in total. The van der Waals surface area contributed by atoms with Gasteiger partial charge in [-0.25, -0.2) is 4.39 Å². The van der Waals surface area contributed by atoms with Crippen molar-refractivity contribution in [3.8, 4) is 0 Å². The average molecular weight is 381 g/mol. The Morgan fingerprint density at radius 3 is 2.61 bits per heavy atom. The second-order valence-electron chi connectivity index (χ2n) is 8.34. The summed E-state index contributed by atoms with van der Waals surface area (Å²) in [4.78, 5) is 15.8. The van der Waals surface area contributed by atoms with E-state index in [1.807, 2.05) is 12.1 Å². The molecule has 2 fully saturated rings. The molecule has 2 atom stereocenters. The number of rotatable bonds is 5. The van der Waals surface area contributed by atoms with Gasteiger partial charge in [-0.05, 0) is 49.4 Å². The van der Waals surface area contributed by atoms with Crippen LogP contribution >= 0.6 is 0 Å². The molecule has 28 heavy (non-hydrogen) atoms. The lowest BCUT2D eigenvalue weighted by Crippen LogP contribution is -2.48. The zero-order valence-electron chi connectivity index (χ0n) is 16.5. The predicted molar refractivity (Wildman–Crippen MR) is 110 cm³/mol. The number of hydrogen-bond acceptors (Lipinski definition) is 2. The minimum atomic E-state index is -0.569. The van der Waals surface area contributed by atoms with Gasteiger partial charge < -0.3 is 5.32 Å². The molecule has 2 aromatic rings. The highest BCUT2D eigenvalue weighted by Crippen LogP contribution is 2.42. The number of amides is 1.